The minimum atomic E-state index is -0.178. The number of nitrogens with two attached hydrogens (primary N) is 2. The van der Waals surface area contributed by atoms with E-state index in [4.69, 9.17) is 21.7 Å². The lowest BCUT2D eigenvalue weighted by molar-refractivity contribution is 0.474. The Balaban J connectivity index is 0.000000161. The number of phenolic OH excluding ortho intramolecular Hbond substituents is 2. The van der Waals surface area contributed by atoms with Crippen molar-refractivity contribution in [3.63, 3.8) is 0 Å². The molecule has 1 aliphatic carbocycles. The van der Waals surface area contributed by atoms with Crippen molar-refractivity contribution < 1.29 is 10.2 Å². The van der Waals surface area contributed by atoms with Gasteiger partial charge >= 0.3 is 0 Å². The van der Waals surface area contributed by atoms with Gasteiger partial charge in [0.25, 0.3) is 0 Å². The number of rotatable bonds is 0. The fourth-order valence-electron chi connectivity index (χ4n) is 1.98. The van der Waals surface area contributed by atoms with E-state index in [9.17, 15) is 0 Å². The van der Waals surface area contributed by atoms with Crippen molar-refractivity contribution in [1.82, 2.24) is 0 Å². The smallest absolute Gasteiger partial charge is 0.116 e. The molecule has 3 rings (SSSR count). The van der Waals surface area contributed by atoms with E-state index in [2.05, 4.69) is 0 Å². The zero-order chi connectivity index (χ0) is 15.5. The molecule has 4 nitrogen and oxygen atoms in total. The van der Waals surface area contributed by atoms with Gasteiger partial charge in [-0.3, -0.25) is 0 Å². The summed E-state index contributed by atoms with van der Waals surface area (Å²) < 4.78 is 0. The number of hydrogen-bond donors (Lipinski definition) is 4. The largest absolute Gasteiger partial charge is 0.508 e. The van der Waals surface area contributed by atoms with Gasteiger partial charge in [-0.1, -0.05) is 24.3 Å². The molecule has 2 aromatic rings. The van der Waals surface area contributed by atoms with Gasteiger partial charge in [0, 0.05) is 11.2 Å². The molecule has 0 saturated heterocycles. The molecule has 21 heavy (non-hydrogen) atoms. The van der Waals surface area contributed by atoms with E-state index < -0.39 is 0 Å². The molecule has 0 radical (unpaired) electrons. The Hall–Kier alpha value is -2.46. The van der Waals surface area contributed by atoms with Crippen molar-refractivity contribution in [2.45, 2.75) is 18.9 Å². The van der Waals surface area contributed by atoms with Crippen molar-refractivity contribution >= 4 is 10.8 Å². The third-order valence-corrected chi connectivity index (χ3v) is 3.24. The van der Waals surface area contributed by atoms with Crippen molar-refractivity contribution in [2.24, 2.45) is 11.5 Å². The molecule has 0 amide bonds. The number of aromatic hydroxyl groups is 2. The first-order chi connectivity index (χ1) is 9.85. The Bertz CT molecular complexity index is 666. The standard InChI is InChI=1S/C10H8O2.C7H12N2/c11-9-3-1-7-2-4-10(12)6-8(7)5-9;1-7(9)4-2-6(8)3-5-7/h1-6,11-12H;2-4H,5,8-9H2,1H3. The van der Waals surface area contributed by atoms with Crippen LogP contribution in [0.5, 0.6) is 11.5 Å². The maximum absolute atomic E-state index is 9.14. The van der Waals surface area contributed by atoms with E-state index in [1.807, 2.05) is 37.3 Å². The first-order valence-corrected chi connectivity index (χ1v) is 6.71. The van der Waals surface area contributed by atoms with E-state index >= 15 is 0 Å². The summed E-state index contributed by atoms with van der Waals surface area (Å²) in [6, 6.07) is 10.1. The molecule has 4 heteroatoms. The SMILES string of the molecule is CC1(N)C=CC(N)=CC1.Oc1ccc2ccc(O)cc2c1. The molecule has 0 aliphatic heterocycles. The lowest BCUT2D eigenvalue weighted by Crippen LogP contribution is -2.34. The minimum Gasteiger partial charge on any atom is -0.508 e. The predicted octanol–water partition coefficient (Wildman–Crippen LogP) is 2.76. The Kier molecular flexibility index (Phi) is 4.19. The van der Waals surface area contributed by atoms with E-state index in [1.54, 1.807) is 24.3 Å². The zero-order valence-electron chi connectivity index (χ0n) is 12.0. The molecule has 1 atom stereocenters. The Morgan fingerprint density at radius 1 is 1.00 bits per heavy atom. The number of benzene rings is 2. The highest BCUT2D eigenvalue weighted by Gasteiger charge is 2.14. The summed E-state index contributed by atoms with van der Waals surface area (Å²) in [5, 5.41) is 20.1. The monoisotopic (exact) mass is 284 g/mol. The second-order valence-corrected chi connectivity index (χ2v) is 5.46. The molecule has 0 aromatic heterocycles. The van der Waals surface area contributed by atoms with E-state index in [0.29, 0.717) is 0 Å². The molecule has 0 fully saturated rings. The summed E-state index contributed by atoms with van der Waals surface area (Å²) in [7, 11) is 0. The molecular weight excluding hydrogens is 264 g/mol. The molecule has 0 spiro atoms. The Morgan fingerprint density at radius 3 is 2.00 bits per heavy atom. The maximum Gasteiger partial charge on any atom is 0.116 e. The van der Waals surface area contributed by atoms with Crippen LogP contribution in [0, 0.1) is 0 Å². The number of phenols is 2. The number of hydrogen-bond acceptors (Lipinski definition) is 4. The lowest BCUT2D eigenvalue weighted by Gasteiger charge is -2.21. The van der Waals surface area contributed by atoms with Gasteiger partial charge in [0.2, 0.25) is 0 Å². The highest BCUT2D eigenvalue weighted by atomic mass is 16.3. The quantitative estimate of drug-likeness (QED) is 0.598. The van der Waals surface area contributed by atoms with Crippen LogP contribution in [0.25, 0.3) is 10.8 Å². The molecule has 2 aromatic carbocycles. The number of allylic oxidation sites excluding steroid dienone is 1. The van der Waals surface area contributed by atoms with Gasteiger partial charge in [0.15, 0.2) is 0 Å². The third kappa shape index (κ3) is 4.26. The zero-order valence-corrected chi connectivity index (χ0v) is 12.0. The van der Waals surface area contributed by atoms with Gasteiger partial charge in [-0.25, -0.2) is 0 Å². The summed E-state index contributed by atoms with van der Waals surface area (Å²) in [5.74, 6) is 0.432. The van der Waals surface area contributed by atoms with Crippen LogP contribution in [0.4, 0.5) is 0 Å². The Labute approximate surface area is 124 Å². The first-order valence-electron chi connectivity index (χ1n) is 6.71. The summed E-state index contributed by atoms with van der Waals surface area (Å²) in [5.41, 5.74) is 11.9. The Morgan fingerprint density at radius 2 is 1.57 bits per heavy atom. The van der Waals surface area contributed by atoms with Crippen LogP contribution in [0.3, 0.4) is 0 Å². The predicted molar refractivity (Wildman–Crippen MR) is 85.9 cm³/mol. The van der Waals surface area contributed by atoms with Crippen LogP contribution < -0.4 is 11.5 Å². The molecule has 0 saturated carbocycles. The average Bonchev–Trinajstić information content (AvgIpc) is 2.42. The normalized spacial score (nSPS) is 20.6. The van der Waals surface area contributed by atoms with Gasteiger partial charge in [0.1, 0.15) is 11.5 Å². The van der Waals surface area contributed by atoms with Crippen LogP contribution in [0.2, 0.25) is 0 Å². The van der Waals surface area contributed by atoms with E-state index in [-0.39, 0.29) is 17.0 Å². The second-order valence-electron chi connectivity index (χ2n) is 5.46. The van der Waals surface area contributed by atoms with Crippen molar-refractivity contribution in [3.05, 3.63) is 60.3 Å². The van der Waals surface area contributed by atoms with Gasteiger partial charge in [-0.2, -0.15) is 0 Å². The van der Waals surface area contributed by atoms with Crippen LogP contribution in [-0.2, 0) is 0 Å². The molecule has 0 bridgehead atoms. The van der Waals surface area contributed by atoms with Crippen LogP contribution in [-0.4, -0.2) is 15.8 Å². The molecule has 110 valence electrons. The van der Waals surface area contributed by atoms with Crippen LogP contribution >= 0.6 is 0 Å². The average molecular weight is 284 g/mol. The molecular formula is C17H20N2O2. The van der Waals surface area contributed by atoms with Gasteiger partial charge in [-0.05, 0) is 54.5 Å². The van der Waals surface area contributed by atoms with Crippen LogP contribution in [0.15, 0.2) is 60.3 Å². The number of fused-ring (bicyclic) bond motifs is 1. The van der Waals surface area contributed by atoms with Crippen molar-refractivity contribution in [2.75, 3.05) is 0 Å². The summed E-state index contributed by atoms with van der Waals surface area (Å²) in [6.45, 7) is 1.98. The third-order valence-electron chi connectivity index (χ3n) is 3.24. The fraction of sp³-hybridized carbons (Fsp3) is 0.176. The fourth-order valence-corrected chi connectivity index (χ4v) is 1.98. The summed E-state index contributed by atoms with van der Waals surface area (Å²) >= 11 is 0. The lowest BCUT2D eigenvalue weighted by atomic mass is 9.94. The van der Waals surface area contributed by atoms with Crippen molar-refractivity contribution in [3.8, 4) is 11.5 Å². The highest BCUT2D eigenvalue weighted by Crippen LogP contribution is 2.23. The van der Waals surface area contributed by atoms with Gasteiger partial charge in [0.05, 0.1) is 0 Å². The molecule has 1 aliphatic rings. The first kappa shape index (κ1) is 14.9. The maximum atomic E-state index is 9.14. The van der Waals surface area contributed by atoms with Crippen LogP contribution in [0.1, 0.15) is 13.3 Å². The second kappa shape index (κ2) is 5.89. The summed E-state index contributed by atoms with van der Waals surface area (Å²) in [6.07, 6.45) is 6.57. The highest BCUT2D eigenvalue weighted by molar-refractivity contribution is 5.84. The van der Waals surface area contributed by atoms with Gasteiger partial charge in [-0.15, -0.1) is 0 Å². The minimum absolute atomic E-state index is 0.178. The molecule has 1 unspecified atom stereocenters. The molecule has 6 N–H and O–H groups in total. The summed E-state index contributed by atoms with van der Waals surface area (Å²) in [4.78, 5) is 0. The van der Waals surface area contributed by atoms with Gasteiger partial charge < -0.3 is 21.7 Å². The molecule has 0 heterocycles. The topological polar surface area (TPSA) is 92.5 Å². The van der Waals surface area contributed by atoms with E-state index in [0.717, 1.165) is 22.9 Å². The van der Waals surface area contributed by atoms with Crippen molar-refractivity contribution in [1.29, 1.82) is 0 Å². The van der Waals surface area contributed by atoms with E-state index in [1.165, 1.54) is 0 Å².